The molecule has 0 fully saturated rings. The molecule has 0 bridgehead atoms. The number of rotatable bonds is 8. The lowest BCUT2D eigenvalue weighted by Crippen LogP contribution is -2.23. The zero-order valence-electron chi connectivity index (χ0n) is 15.4. The van der Waals surface area contributed by atoms with Crippen LogP contribution in [0.25, 0.3) is 22.1 Å². The number of carbonyl (C=O) groups excluding carboxylic acids is 1. The summed E-state index contributed by atoms with van der Waals surface area (Å²) in [5, 5.41) is 5.24. The average Bonchev–Trinajstić information content (AvgIpc) is 3.20. The van der Waals surface area contributed by atoms with Gasteiger partial charge in [-0.15, -0.1) is 0 Å². The van der Waals surface area contributed by atoms with Crippen molar-refractivity contribution in [3.63, 3.8) is 0 Å². The molecule has 0 atom stereocenters. The number of fused-ring (bicyclic) bond motifs is 1. The van der Waals surface area contributed by atoms with Crippen LogP contribution in [0.5, 0.6) is 5.75 Å². The third-order valence-corrected chi connectivity index (χ3v) is 4.47. The molecule has 1 aromatic heterocycles. The van der Waals surface area contributed by atoms with E-state index in [1.165, 1.54) is 5.56 Å². The third kappa shape index (κ3) is 4.26. The minimum absolute atomic E-state index is 0.121. The Labute approximate surface area is 154 Å². The van der Waals surface area contributed by atoms with Crippen LogP contribution in [-0.2, 0) is 11.2 Å². The van der Waals surface area contributed by atoms with Crippen molar-refractivity contribution in [3.8, 4) is 17.1 Å². The van der Waals surface area contributed by atoms with Gasteiger partial charge in [0.05, 0.1) is 13.4 Å². The molecule has 2 aromatic carbocycles. The van der Waals surface area contributed by atoms with Gasteiger partial charge in [-0.05, 0) is 72.0 Å². The van der Waals surface area contributed by atoms with Gasteiger partial charge < -0.3 is 14.5 Å². The van der Waals surface area contributed by atoms with E-state index in [1.807, 2.05) is 18.2 Å². The second-order valence-corrected chi connectivity index (χ2v) is 6.40. The monoisotopic (exact) mass is 351 g/mol. The molecule has 0 aliphatic heterocycles. The number of benzene rings is 2. The molecule has 4 heteroatoms. The lowest BCUT2D eigenvalue weighted by Gasteiger charge is -2.11. The molecule has 3 aromatic rings. The van der Waals surface area contributed by atoms with Crippen molar-refractivity contribution in [2.24, 2.45) is 0 Å². The molecule has 1 N–H and O–H groups in total. The highest BCUT2D eigenvalue weighted by molar-refractivity contribution is 5.91. The van der Waals surface area contributed by atoms with Gasteiger partial charge >= 0.3 is 0 Å². The zero-order chi connectivity index (χ0) is 18.4. The molecular weight excluding hydrogens is 326 g/mol. The first-order valence-electron chi connectivity index (χ1n) is 9.12. The maximum atomic E-state index is 11.9. The standard InChI is InChI=1S/C22H25NO3/c1-3-11-23-22(24)8-4-6-16-13-18(21-7-5-12-26-21)14-17-9-10-19(25-2)15-20(16)17/h5,7,9-10,12-15H,3-4,6,8,11H2,1-2H3,(H,23,24). The SMILES string of the molecule is CCCNC(=O)CCCc1cc(-c2ccco2)cc2ccc(OC)cc12. The summed E-state index contributed by atoms with van der Waals surface area (Å²) in [5.74, 6) is 1.81. The van der Waals surface area contributed by atoms with Crippen LogP contribution in [0, 0.1) is 0 Å². The molecule has 0 spiro atoms. The van der Waals surface area contributed by atoms with Crippen molar-refractivity contribution in [2.45, 2.75) is 32.6 Å². The zero-order valence-corrected chi connectivity index (χ0v) is 15.4. The van der Waals surface area contributed by atoms with Gasteiger partial charge in [0.2, 0.25) is 5.91 Å². The van der Waals surface area contributed by atoms with Crippen molar-refractivity contribution < 1.29 is 13.9 Å². The van der Waals surface area contributed by atoms with E-state index in [0.29, 0.717) is 6.42 Å². The molecule has 0 unspecified atom stereocenters. The molecule has 0 saturated heterocycles. The summed E-state index contributed by atoms with van der Waals surface area (Å²) in [7, 11) is 1.68. The largest absolute Gasteiger partial charge is 0.497 e. The van der Waals surface area contributed by atoms with Crippen LogP contribution < -0.4 is 10.1 Å². The number of ether oxygens (including phenoxy) is 1. The van der Waals surface area contributed by atoms with Crippen LogP contribution >= 0.6 is 0 Å². The first-order valence-corrected chi connectivity index (χ1v) is 9.12. The summed E-state index contributed by atoms with van der Waals surface area (Å²) >= 11 is 0. The van der Waals surface area contributed by atoms with Gasteiger partial charge in [-0.25, -0.2) is 0 Å². The van der Waals surface area contributed by atoms with Crippen molar-refractivity contribution in [1.29, 1.82) is 0 Å². The van der Waals surface area contributed by atoms with Gasteiger partial charge in [-0.2, -0.15) is 0 Å². The van der Waals surface area contributed by atoms with Crippen LogP contribution in [0.4, 0.5) is 0 Å². The summed E-state index contributed by atoms with van der Waals surface area (Å²) in [6.45, 7) is 2.80. The molecule has 0 aliphatic carbocycles. The normalized spacial score (nSPS) is 10.8. The lowest BCUT2D eigenvalue weighted by molar-refractivity contribution is -0.121. The molecule has 0 radical (unpaired) electrons. The maximum Gasteiger partial charge on any atom is 0.220 e. The second-order valence-electron chi connectivity index (χ2n) is 6.40. The number of furan rings is 1. The summed E-state index contributed by atoms with van der Waals surface area (Å²) < 4.78 is 11.0. The van der Waals surface area contributed by atoms with Crippen LogP contribution in [-0.4, -0.2) is 19.6 Å². The van der Waals surface area contributed by atoms with Crippen LogP contribution in [0.15, 0.2) is 53.1 Å². The van der Waals surface area contributed by atoms with Crippen molar-refractivity contribution >= 4 is 16.7 Å². The van der Waals surface area contributed by atoms with E-state index in [4.69, 9.17) is 9.15 Å². The van der Waals surface area contributed by atoms with Crippen molar-refractivity contribution in [1.82, 2.24) is 5.32 Å². The Hall–Kier alpha value is -2.75. The average molecular weight is 351 g/mol. The van der Waals surface area contributed by atoms with Gasteiger partial charge in [0, 0.05) is 18.5 Å². The van der Waals surface area contributed by atoms with E-state index in [2.05, 4.69) is 36.5 Å². The van der Waals surface area contributed by atoms with E-state index in [9.17, 15) is 4.79 Å². The minimum Gasteiger partial charge on any atom is -0.497 e. The number of carbonyl (C=O) groups is 1. The quantitative estimate of drug-likeness (QED) is 0.624. The van der Waals surface area contributed by atoms with E-state index in [1.54, 1.807) is 13.4 Å². The first kappa shape index (κ1) is 18.1. The molecule has 3 rings (SSSR count). The molecule has 1 amide bonds. The second kappa shape index (κ2) is 8.56. The fourth-order valence-corrected chi connectivity index (χ4v) is 3.13. The number of aryl methyl sites for hydroxylation is 1. The molecule has 26 heavy (non-hydrogen) atoms. The summed E-state index contributed by atoms with van der Waals surface area (Å²) in [6, 6.07) is 14.2. The Morgan fingerprint density at radius 3 is 2.81 bits per heavy atom. The summed E-state index contributed by atoms with van der Waals surface area (Å²) in [6.07, 6.45) is 4.82. The highest BCUT2D eigenvalue weighted by atomic mass is 16.5. The van der Waals surface area contributed by atoms with Gasteiger partial charge in [0.25, 0.3) is 0 Å². The molecule has 0 aliphatic rings. The first-order chi connectivity index (χ1) is 12.7. The molecule has 0 saturated carbocycles. The number of hydrogen-bond acceptors (Lipinski definition) is 3. The Bertz CT molecular complexity index is 868. The fraction of sp³-hybridized carbons (Fsp3) is 0.318. The smallest absolute Gasteiger partial charge is 0.220 e. The van der Waals surface area contributed by atoms with Crippen LogP contribution in [0.1, 0.15) is 31.7 Å². The molecule has 4 nitrogen and oxygen atoms in total. The van der Waals surface area contributed by atoms with E-state index in [0.717, 1.165) is 53.7 Å². The number of amides is 1. The Morgan fingerprint density at radius 2 is 2.08 bits per heavy atom. The molecule has 1 heterocycles. The fourth-order valence-electron chi connectivity index (χ4n) is 3.13. The van der Waals surface area contributed by atoms with E-state index < -0.39 is 0 Å². The predicted molar refractivity (Wildman–Crippen MR) is 104 cm³/mol. The summed E-state index contributed by atoms with van der Waals surface area (Å²) in [5.41, 5.74) is 2.26. The third-order valence-electron chi connectivity index (χ3n) is 4.47. The minimum atomic E-state index is 0.121. The van der Waals surface area contributed by atoms with Crippen LogP contribution in [0.2, 0.25) is 0 Å². The summed E-state index contributed by atoms with van der Waals surface area (Å²) in [4.78, 5) is 11.9. The molecule has 136 valence electrons. The lowest BCUT2D eigenvalue weighted by atomic mass is 9.96. The Kier molecular flexibility index (Phi) is 5.95. The van der Waals surface area contributed by atoms with Crippen LogP contribution in [0.3, 0.4) is 0 Å². The number of nitrogens with one attached hydrogen (secondary N) is 1. The van der Waals surface area contributed by atoms with Gasteiger partial charge in [-0.1, -0.05) is 13.0 Å². The highest BCUT2D eigenvalue weighted by Gasteiger charge is 2.10. The topological polar surface area (TPSA) is 51.5 Å². The number of methoxy groups -OCH3 is 1. The number of hydrogen-bond donors (Lipinski definition) is 1. The van der Waals surface area contributed by atoms with Gasteiger partial charge in [0.1, 0.15) is 11.5 Å². The Morgan fingerprint density at radius 1 is 1.19 bits per heavy atom. The molecular formula is C22H25NO3. The van der Waals surface area contributed by atoms with Gasteiger partial charge in [-0.3, -0.25) is 4.79 Å². The van der Waals surface area contributed by atoms with E-state index in [-0.39, 0.29) is 5.91 Å². The van der Waals surface area contributed by atoms with Crippen molar-refractivity contribution in [3.05, 3.63) is 54.3 Å². The Balaban J connectivity index is 1.86. The predicted octanol–water partition coefficient (Wildman–Crippen LogP) is 4.96. The highest BCUT2D eigenvalue weighted by Crippen LogP contribution is 2.31. The maximum absolute atomic E-state index is 11.9. The van der Waals surface area contributed by atoms with Crippen molar-refractivity contribution in [2.75, 3.05) is 13.7 Å². The van der Waals surface area contributed by atoms with Gasteiger partial charge in [0.15, 0.2) is 0 Å². The van der Waals surface area contributed by atoms with E-state index >= 15 is 0 Å².